The summed E-state index contributed by atoms with van der Waals surface area (Å²) in [6.45, 7) is 1.99. The second-order valence-electron chi connectivity index (χ2n) is 3.96. The van der Waals surface area contributed by atoms with Gasteiger partial charge in [0.2, 0.25) is 0 Å². The molecule has 0 fully saturated rings. The van der Waals surface area contributed by atoms with E-state index in [9.17, 15) is 0 Å². The van der Waals surface area contributed by atoms with Crippen molar-refractivity contribution in [2.75, 3.05) is 20.0 Å². The number of nitrogen functional groups attached to an aromatic ring is 1. The Morgan fingerprint density at radius 1 is 1.11 bits per heavy atom. The second-order valence-corrected chi connectivity index (χ2v) is 3.96. The maximum Gasteiger partial charge on any atom is 0.130 e. The predicted molar refractivity (Wildman–Crippen MR) is 71.9 cm³/mol. The molecule has 4 heteroatoms. The number of rotatable bonds is 3. The van der Waals surface area contributed by atoms with Gasteiger partial charge in [0.15, 0.2) is 0 Å². The summed E-state index contributed by atoms with van der Waals surface area (Å²) in [7, 11) is 3.27. The first-order valence-electron chi connectivity index (χ1n) is 5.61. The standard InChI is InChI=1S/C14H16N2O2/c1-9-7-13(15)16-8-10(9)14-11(17-2)5-4-6-12(14)18-3/h4-8H,1-3H3,(H2,15,16). The van der Waals surface area contributed by atoms with Gasteiger partial charge in [-0.2, -0.15) is 0 Å². The molecule has 2 rings (SSSR count). The molecule has 2 N–H and O–H groups in total. The van der Waals surface area contributed by atoms with E-state index >= 15 is 0 Å². The number of aryl methyl sites for hydroxylation is 1. The first-order valence-corrected chi connectivity index (χ1v) is 5.61. The Labute approximate surface area is 106 Å². The third kappa shape index (κ3) is 2.09. The number of ether oxygens (including phenoxy) is 2. The Balaban J connectivity index is 2.68. The van der Waals surface area contributed by atoms with Gasteiger partial charge in [0.1, 0.15) is 17.3 Å². The number of hydrogen-bond donors (Lipinski definition) is 1. The zero-order valence-electron chi connectivity index (χ0n) is 10.7. The monoisotopic (exact) mass is 244 g/mol. The Hall–Kier alpha value is -2.23. The van der Waals surface area contributed by atoms with E-state index in [1.54, 1.807) is 20.4 Å². The molecule has 1 heterocycles. The molecule has 4 nitrogen and oxygen atoms in total. The van der Waals surface area contributed by atoms with E-state index in [1.807, 2.05) is 31.2 Å². The maximum atomic E-state index is 5.67. The molecule has 0 amide bonds. The van der Waals surface area contributed by atoms with Crippen molar-refractivity contribution in [3.8, 4) is 22.6 Å². The molecule has 0 atom stereocenters. The van der Waals surface area contributed by atoms with Gasteiger partial charge in [0.25, 0.3) is 0 Å². The fourth-order valence-electron chi connectivity index (χ4n) is 1.96. The average molecular weight is 244 g/mol. The highest BCUT2D eigenvalue weighted by atomic mass is 16.5. The van der Waals surface area contributed by atoms with E-state index in [-0.39, 0.29) is 0 Å². The van der Waals surface area contributed by atoms with Crippen LogP contribution in [0.1, 0.15) is 5.56 Å². The van der Waals surface area contributed by atoms with Crippen molar-refractivity contribution in [3.63, 3.8) is 0 Å². The molecule has 2 aromatic rings. The maximum absolute atomic E-state index is 5.67. The van der Waals surface area contributed by atoms with Gasteiger partial charge < -0.3 is 15.2 Å². The SMILES string of the molecule is COc1cccc(OC)c1-c1cnc(N)cc1C. The number of anilines is 1. The lowest BCUT2D eigenvalue weighted by atomic mass is 10.0. The molecule has 0 aliphatic carbocycles. The van der Waals surface area contributed by atoms with Crippen LogP contribution in [0, 0.1) is 6.92 Å². The number of aromatic nitrogens is 1. The number of methoxy groups -OCH3 is 2. The van der Waals surface area contributed by atoms with Crippen LogP contribution in [0.2, 0.25) is 0 Å². The number of nitrogens with two attached hydrogens (primary N) is 1. The average Bonchev–Trinajstić information content (AvgIpc) is 2.38. The molecule has 0 saturated heterocycles. The molecule has 0 spiro atoms. The third-order valence-electron chi connectivity index (χ3n) is 2.83. The largest absolute Gasteiger partial charge is 0.496 e. The van der Waals surface area contributed by atoms with Crippen molar-refractivity contribution < 1.29 is 9.47 Å². The molecular weight excluding hydrogens is 228 g/mol. The first kappa shape index (κ1) is 12.2. The van der Waals surface area contributed by atoms with Crippen LogP contribution in [-0.4, -0.2) is 19.2 Å². The lowest BCUT2D eigenvalue weighted by molar-refractivity contribution is 0.397. The summed E-state index contributed by atoms with van der Waals surface area (Å²) in [6, 6.07) is 7.52. The van der Waals surface area contributed by atoms with Crippen LogP contribution in [0.25, 0.3) is 11.1 Å². The van der Waals surface area contributed by atoms with Crippen molar-refractivity contribution in [1.82, 2.24) is 4.98 Å². The Morgan fingerprint density at radius 2 is 1.72 bits per heavy atom. The van der Waals surface area contributed by atoms with E-state index in [0.717, 1.165) is 28.2 Å². The van der Waals surface area contributed by atoms with E-state index in [1.165, 1.54) is 0 Å². The van der Waals surface area contributed by atoms with Crippen LogP contribution in [-0.2, 0) is 0 Å². The summed E-state index contributed by atoms with van der Waals surface area (Å²) in [5, 5.41) is 0. The van der Waals surface area contributed by atoms with Gasteiger partial charge in [0.05, 0.1) is 19.8 Å². The number of nitrogens with zero attached hydrogens (tertiary/aromatic N) is 1. The molecule has 0 radical (unpaired) electrons. The fourth-order valence-corrected chi connectivity index (χ4v) is 1.96. The Kier molecular flexibility index (Phi) is 3.37. The van der Waals surface area contributed by atoms with Gasteiger partial charge in [-0.3, -0.25) is 0 Å². The van der Waals surface area contributed by atoms with Crippen molar-refractivity contribution in [3.05, 3.63) is 36.0 Å². The molecule has 94 valence electrons. The lowest BCUT2D eigenvalue weighted by Gasteiger charge is -2.14. The Bertz CT molecular complexity index is 545. The minimum absolute atomic E-state index is 0.505. The molecule has 1 aromatic heterocycles. The van der Waals surface area contributed by atoms with Crippen LogP contribution in [0.15, 0.2) is 30.5 Å². The van der Waals surface area contributed by atoms with E-state index < -0.39 is 0 Å². The fraction of sp³-hybridized carbons (Fsp3) is 0.214. The zero-order valence-corrected chi connectivity index (χ0v) is 10.7. The van der Waals surface area contributed by atoms with Crippen LogP contribution in [0.5, 0.6) is 11.5 Å². The van der Waals surface area contributed by atoms with Gasteiger partial charge in [-0.1, -0.05) is 6.07 Å². The number of hydrogen-bond acceptors (Lipinski definition) is 4. The number of benzene rings is 1. The zero-order chi connectivity index (χ0) is 13.1. The minimum Gasteiger partial charge on any atom is -0.496 e. The quantitative estimate of drug-likeness (QED) is 0.901. The second kappa shape index (κ2) is 4.96. The van der Waals surface area contributed by atoms with Crippen molar-refractivity contribution in [2.45, 2.75) is 6.92 Å². The van der Waals surface area contributed by atoms with E-state index in [2.05, 4.69) is 4.98 Å². The summed E-state index contributed by atoms with van der Waals surface area (Å²) in [5.74, 6) is 2.01. The molecule has 0 saturated carbocycles. The van der Waals surface area contributed by atoms with E-state index in [4.69, 9.17) is 15.2 Å². The first-order chi connectivity index (χ1) is 8.67. The highest BCUT2D eigenvalue weighted by Crippen LogP contribution is 2.39. The van der Waals surface area contributed by atoms with Crippen LogP contribution in [0.4, 0.5) is 5.82 Å². The van der Waals surface area contributed by atoms with Crippen LogP contribution >= 0.6 is 0 Å². The van der Waals surface area contributed by atoms with Gasteiger partial charge in [-0.25, -0.2) is 4.98 Å². The highest BCUT2D eigenvalue weighted by molar-refractivity contribution is 5.79. The smallest absolute Gasteiger partial charge is 0.130 e. The Morgan fingerprint density at radius 3 is 2.22 bits per heavy atom. The normalized spacial score (nSPS) is 10.2. The summed E-state index contributed by atoms with van der Waals surface area (Å²) < 4.78 is 10.8. The predicted octanol–water partition coefficient (Wildman–Crippen LogP) is 2.66. The molecule has 18 heavy (non-hydrogen) atoms. The summed E-state index contributed by atoms with van der Waals surface area (Å²) >= 11 is 0. The third-order valence-corrected chi connectivity index (χ3v) is 2.83. The highest BCUT2D eigenvalue weighted by Gasteiger charge is 2.14. The molecule has 1 aromatic carbocycles. The topological polar surface area (TPSA) is 57.4 Å². The molecular formula is C14H16N2O2. The van der Waals surface area contributed by atoms with Gasteiger partial charge in [0, 0.05) is 11.8 Å². The summed E-state index contributed by atoms with van der Waals surface area (Å²) in [5.41, 5.74) is 8.56. The number of pyridine rings is 1. The van der Waals surface area contributed by atoms with Gasteiger partial charge in [-0.15, -0.1) is 0 Å². The molecule has 0 bridgehead atoms. The molecule has 0 aliphatic heterocycles. The summed E-state index contributed by atoms with van der Waals surface area (Å²) in [4.78, 5) is 4.13. The van der Waals surface area contributed by atoms with Gasteiger partial charge in [-0.05, 0) is 30.7 Å². The minimum atomic E-state index is 0.505. The summed E-state index contributed by atoms with van der Waals surface area (Å²) in [6.07, 6.45) is 1.74. The molecule has 0 aliphatic rings. The van der Waals surface area contributed by atoms with Crippen LogP contribution in [0.3, 0.4) is 0 Å². The van der Waals surface area contributed by atoms with Gasteiger partial charge >= 0.3 is 0 Å². The molecule has 0 unspecified atom stereocenters. The van der Waals surface area contributed by atoms with Crippen molar-refractivity contribution >= 4 is 5.82 Å². The van der Waals surface area contributed by atoms with Crippen molar-refractivity contribution in [1.29, 1.82) is 0 Å². The van der Waals surface area contributed by atoms with Crippen LogP contribution < -0.4 is 15.2 Å². The lowest BCUT2D eigenvalue weighted by Crippen LogP contribution is -1.97. The van der Waals surface area contributed by atoms with E-state index in [0.29, 0.717) is 5.82 Å². The van der Waals surface area contributed by atoms with Crippen molar-refractivity contribution in [2.24, 2.45) is 0 Å².